The Morgan fingerprint density at radius 3 is 2.68 bits per heavy atom. The molecule has 0 bridgehead atoms. The van der Waals surface area contributed by atoms with Gasteiger partial charge in [-0.1, -0.05) is 22.9 Å². The number of hydrogen-bond acceptors (Lipinski definition) is 5. The minimum atomic E-state index is -0.145. The molecule has 98 valence electrons. The standard InChI is InChI=1S/C13H14N4O2/c1-8-3-4-10(9(2)7-8)19-13-11(12(14)17-18)15-5-6-16-13/h3-7,18H,1-2H3,(H2,14,17). The van der Waals surface area contributed by atoms with Crippen molar-refractivity contribution in [3.8, 4) is 11.6 Å². The molecule has 6 nitrogen and oxygen atoms in total. The molecule has 0 radical (unpaired) electrons. The second-order valence-electron chi connectivity index (χ2n) is 4.07. The van der Waals surface area contributed by atoms with Crippen LogP contribution in [0.25, 0.3) is 0 Å². The van der Waals surface area contributed by atoms with Crippen molar-refractivity contribution in [3.05, 3.63) is 47.4 Å². The fourth-order valence-electron chi connectivity index (χ4n) is 1.64. The first kappa shape index (κ1) is 12.8. The molecule has 1 heterocycles. The number of ether oxygens (including phenoxy) is 1. The second-order valence-corrected chi connectivity index (χ2v) is 4.07. The van der Waals surface area contributed by atoms with E-state index in [1.165, 1.54) is 12.4 Å². The number of nitrogens with zero attached hydrogens (tertiary/aromatic N) is 3. The summed E-state index contributed by atoms with van der Waals surface area (Å²) < 4.78 is 5.67. The van der Waals surface area contributed by atoms with Crippen molar-refractivity contribution >= 4 is 5.84 Å². The van der Waals surface area contributed by atoms with Crippen LogP contribution in [0.4, 0.5) is 0 Å². The number of hydrogen-bond donors (Lipinski definition) is 2. The third-order valence-electron chi connectivity index (χ3n) is 2.55. The molecule has 0 aliphatic carbocycles. The molecule has 0 amide bonds. The zero-order valence-electron chi connectivity index (χ0n) is 10.7. The van der Waals surface area contributed by atoms with E-state index in [1.807, 2.05) is 32.0 Å². The molecule has 0 fully saturated rings. The maximum atomic E-state index is 8.71. The highest BCUT2D eigenvalue weighted by Gasteiger charge is 2.13. The van der Waals surface area contributed by atoms with Gasteiger partial charge in [0.25, 0.3) is 0 Å². The van der Waals surface area contributed by atoms with Crippen molar-refractivity contribution in [2.24, 2.45) is 10.9 Å². The van der Waals surface area contributed by atoms with Crippen LogP contribution in [0.15, 0.2) is 35.7 Å². The Hall–Kier alpha value is -2.63. The van der Waals surface area contributed by atoms with E-state index in [4.69, 9.17) is 15.7 Å². The van der Waals surface area contributed by atoms with Gasteiger partial charge in [-0.05, 0) is 25.5 Å². The van der Waals surface area contributed by atoms with Crippen LogP contribution in [0, 0.1) is 13.8 Å². The molecule has 2 rings (SSSR count). The first-order valence-electron chi connectivity index (χ1n) is 5.66. The summed E-state index contributed by atoms with van der Waals surface area (Å²) in [5.41, 5.74) is 7.84. The highest BCUT2D eigenvalue weighted by atomic mass is 16.5. The number of aryl methyl sites for hydroxylation is 2. The topological polar surface area (TPSA) is 93.6 Å². The fourth-order valence-corrected chi connectivity index (χ4v) is 1.64. The van der Waals surface area contributed by atoms with E-state index in [-0.39, 0.29) is 17.4 Å². The normalized spacial score (nSPS) is 11.4. The zero-order valence-corrected chi connectivity index (χ0v) is 10.7. The molecule has 0 spiro atoms. The van der Waals surface area contributed by atoms with Crippen LogP contribution in [-0.4, -0.2) is 21.0 Å². The maximum Gasteiger partial charge on any atom is 0.249 e. The molecule has 2 aromatic rings. The van der Waals surface area contributed by atoms with Crippen molar-refractivity contribution in [2.45, 2.75) is 13.8 Å². The third kappa shape index (κ3) is 2.79. The summed E-state index contributed by atoms with van der Waals surface area (Å²) in [6.07, 6.45) is 2.93. The van der Waals surface area contributed by atoms with Gasteiger partial charge in [0.2, 0.25) is 5.88 Å². The van der Waals surface area contributed by atoms with Crippen LogP contribution in [0.3, 0.4) is 0 Å². The van der Waals surface area contributed by atoms with Gasteiger partial charge in [-0.2, -0.15) is 0 Å². The van der Waals surface area contributed by atoms with Gasteiger partial charge < -0.3 is 15.7 Å². The highest BCUT2D eigenvalue weighted by molar-refractivity contribution is 5.97. The van der Waals surface area contributed by atoms with E-state index >= 15 is 0 Å². The Bertz CT molecular complexity index is 626. The number of amidine groups is 1. The Balaban J connectivity index is 2.38. The molecular formula is C13H14N4O2. The van der Waals surface area contributed by atoms with Crippen molar-refractivity contribution < 1.29 is 9.94 Å². The van der Waals surface area contributed by atoms with E-state index in [0.717, 1.165) is 11.1 Å². The number of aromatic nitrogens is 2. The van der Waals surface area contributed by atoms with Gasteiger partial charge in [-0.25, -0.2) is 9.97 Å². The van der Waals surface area contributed by atoms with E-state index in [1.54, 1.807) is 0 Å². The first-order chi connectivity index (χ1) is 9.11. The molecule has 1 aromatic carbocycles. The minimum absolute atomic E-state index is 0.145. The lowest BCUT2D eigenvalue weighted by Gasteiger charge is -2.10. The van der Waals surface area contributed by atoms with Crippen molar-refractivity contribution in [2.75, 3.05) is 0 Å². The van der Waals surface area contributed by atoms with Crippen molar-refractivity contribution in [1.29, 1.82) is 0 Å². The minimum Gasteiger partial charge on any atom is -0.437 e. The van der Waals surface area contributed by atoms with Crippen molar-refractivity contribution in [1.82, 2.24) is 9.97 Å². The van der Waals surface area contributed by atoms with Crippen LogP contribution in [0.5, 0.6) is 11.6 Å². The number of nitrogens with two attached hydrogens (primary N) is 1. The summed E-state index contributed by atoms with van der Waals surface area (Å²) in [7, 11) is 0. The molecule has 0 aliphatic heterocycles. The van der Waals surface area contributed by atoms with Crippen LogP contribution in [-0.2, 0) is 0 Å². The Morgan fingerprint density at radius 1 is 1.26 bits per heavy atom. The lowest BCUT2D eigenvalue weighted by Crippen LogP contribution is -2.16. The van der Waals surface area contributed by atoms with E-state index in [2.05, 4.69) is 15.1 Å². The van der Waals surface area contributed by atoms with Crippen LogP contribution >= 0.6 is 0 Å². The molecule has 19 heavy (non-hydrogen) atoms. The Morgan fingerprint density at radius 2 is 2.00 bits per heavy atom. The molecule has 1 aromatic heterocycles. The second kappa shape index (κ2) is 5.34. The van der Waals surface area contributed by atoms with Gasteiger partial charge in [0.05, 0.1) is 0 Å². The number of benzene rings is 1. The quantitative estimate of drug-likeness (QED) is 0.380. The molecular weight excluding hydrogens is 244 g/mol. The molecule has 0 saturated carbocycles. The molecule has 0 saturated heterocycles. The van der Waals surface area contributed by atoms with Crippen LogP contribution in [0.2, 0.25) is 0 Å². The monoisotopic (exact) mass is 258 g/mol. The van der Waals surface area contributed by atoms with E-state index in [9.17, 15) is 0 Å². The maximum absolute atomic E-state index is 8.71. The summed E-state index contributed by atoms with van der Waals surface area (Å²) in [4.78, 5) is 8.04. The van der Waals surface area contributed by atoms with Gasteiger partial charge in [0.1, 0.15) is 5.75 Å². The predicted octanol–water partition coefficient (Wildman–Crippen LogP) is 1.98. The average molecular weight is 258 g/mol. The van der Waals surface area contributed by atoms with Crippen LogP contribution < -0.4 is 10.5 Å². The number of rotatable bonds is 3. The van der Waals surface area contributed by atoms with E-state index in [0.29, 0.717) is 5.75 Å². The lowest BCUT2D eigenvalue weighted by atomic mass is 10.1. The lowest BCUT2D eigenvalue weighted by molar-refractivity contribution is 0.318. The van der Waals surface area contributed by atoms with Crippen LogP contribution in [0.1, 0.15) is 16.8 Å². The predicted molar refractivity (Wildman–Crippen MR) is 70.5 cm³/mol. The Kier molecular flexibility index (Phi) is 3.61. The largest absolute Gasteiger partial charge is 0.437 e. The average Bonchev–Trinajstić information content (AvgIpc) is 2.41. The Labute approximate surface area is 110 Å². The smallest absolute Gasteiger partial charge is 0.249 e. The van der Waals surface area contributed by atoms with Gasteiger partial charge in [0.15, 0.2) is 11.5 Å². The highest BCUT2D eigenvalue weighted by Crippen LogP contribution is 2.25. The van der Waals surface area contributed by atoms with Gasteiger partial charge in [0, 0.05) is 12.4 Å². The van der Waals surface area contributed by atoms with E-state index < -0.39 is 0 Å². The third-order valence-corrected chi connectivity index (χ3v) is 2.55. The molecule has 3 N–H and O–H groups in total. The summed E-state index contributed by atoms with van der Waals surface area (Å²) in [6.45, 7) is 3.93. The summed E-state index contributed by atoms with van der Waals surface area (Å²) in [6, 6.07) is 5.77. The molecule has 6 heteroatoms. The summed E-state index contributed by atoms with van der Waals surface area (Å²) in [5.74, 6) is 0.704. The molecule has 0 unspecified atom stereocenters. The SMILES string of the molecule is Cc1ccc(Oc2nccnc2C(N)=NO)c(C)c1. The first-order valence-corrected chi connectivity index (χ1v) is 5.66. The summed E-state index contributed by atoms with van der Waals surface area (Å²) in [5, 5.41) is 11.6. The molecule has 0 aliphatic rings. The molecule has 0 atom stereocenters. The number of oxime groups is 1. The van der Waals surface area contributed by atoms with Gasteiger partial charge in [-0.15, -0.1) is 0 Å². The van der Waals surface area contributed by atoms with Crippen molar-refractivity contribution in [3.63, 3.8) is 0 Å². The van der Waals surface area contributed by atoms with Gasteiger partial charge >= 0.3 is 0 Å². The fraction of sp³-hybridized carbons (Fsp3) is 0.154. The van der Waals surface area contributed by atoms with Gasteiger partial charge in [-0.3, -0.25) is 0 Å². The summed E-state index contributed by atoms with van der Waals surface area (Å²) >= 11 is 0. The zero-order chi connectivity index (χ0) is 13.8.